The molecule has 5 nitrogen and oxygen atoms in total. The molecule has 94 valence electrons. The summed E-state index contributed by atoms with van der Waals surface area (Å²) in [5.74, 6) is -1.06. The van der Waals surface area contributed by atoms with E-state index < -0.39 is 18.0 Å². The van der Waals surface area contributed by atoms with Gasteiger partial charge in [0.15, 0.2) is 0 Å². The van der Waals surface area contributed by atoms with Crippen LogP contribution in [-0.4, -0.2) is 17.6 Å². The number of rotatable bonds is 4. The molecule has 0 amide bonds. The Balaban J connectivity index is 3.32. The van der Waals surface area contributed by atoms with Crippen LogP contribution >= 0.6 is 0 Å². The fraction of sp³-hybridized carbons (Fsp3) is 0.400. The van der Waals surface area contributed by atoms with Crippen molar-refractivity contribution < 1.29 is 18.3 Å². The number of hydrogen-bond acceptors (Lipinski definition) is 5. The van der Waals surface area contributed by atoms with Crippen molar-refractivity contribution in [2.24, 2.45) is 5.73 Å². The van der Waals surface area contributed by atoms with Crippen LogP contribution in [-0.2, 0) is 11.3 Å². The summed E-state index contributed by atoms with van der Waals surface area (Å²) in [5.41, 5.74) is 10.1. The van der Waals surface area contributed by atoms with Crippen molar-refractivity contribution >= 4 is 11.8 Å². The predicted octanol–water partition coefficient (Wildman–Crippen LogP) is 1.24. The van der Waals surface area contributed by atoms with E-state index in [1.807, 2.05) is 0 Å². The third-order valence-electron chi connectivity index (χ3n) is 2.18. The summed E-state index contributed by atoms with van der Waals surface area (Å²) in [7, 11) is 0. The Morgan fingerprint density at radius 2 is 2.24 bits per heavy atom. The van der Waals surface area contributed by atoms with Crippen LogP contribution < -0.4 is 11.5 Å². The van der Waals surface area contributed by atoms with Crippen molar-refractivity contribution in [3.63, 3.8) is 0 Å². The Bertz CT molecular complexity index is 424. The smallest absolute Gasteiger partial charge is 0.340 e. The highest BCUT2D eigenvalue weighted by Crippen LogP contribution is 2.29. The lowest BCUT2D eigenvalue weighted by atomic mass is 10.0. The first kappa shape index (κ1) is 13.3. The van der Waals surface area contributed by atoms with Gasteiger partial charge in [-0.05, 0) is 12.5 Å². The molecule has 0 bridgehead atoms. The van der Waals surface area contributed by atoms with Crippen molar-refractivity contribution in [1.29, 1.82) is 0 Å². The number of carbonyl (C=O) groups excluding carboxylic acids is 1. The number of carbonyl (C=O) groups is 1. The topological polar surface area (TPSA) is 91.2 Å². The molecular formula is C10H13F2N3O2. The van der Waals surface area contributed by atoms with Gasteiger partial charge in [-0.2, -0.15) is 0 Å². The molecular weight excluding hydrogens is 232 g/mol. The number of nitrogens with zero attached hydrogens (tertiary/aromatic N) is 1. The molecule has 0 unspecified atom stereocenters. The number of anilines is 1. The monoisotopic (exact) mass is 245 g/mol. The fourth-order valence-electron chi connectivity index (χ4n) is 1.43. The fourth-order valence-corrected chi connectivity index (χ4v) is 1.43. The van der Waals surface area contributed by atoms with Gasteiger partial charge in [-0.25, -0.2) is 18.6 Å². The van der Waals surface area contributed by atoms with Gasteiger partial charge in [-0.3, -0.25) is 0 Å². The van der Waals surface area contributed by atoms with E-state index in [4.69, 9.17) is 16.2 Å². The summed E-state index contributed by atoms with van der Waals surface area (Å²) in [4.78, 5) is 15.1. The molecule has 0 saturated carbocycles. The number of nitrogen functional groups attached to an aromatic ring is 1. The summed E-state index contributed by atoms with van der Waals surface area (Å²) in [5, 5.41) is 0. The van der Waals surface area contributed by atoms with E-state index >= 15 is 0 Å². The first-order valence-corrected chi connectivity index (χ1v) is 4.95. The molecule has 1 aromatic rings. The Kier molecular flexibility index (Phi) is 4.33. The van der Waals surface area contributed by atoms with Gasteiger partial charge < -0.3 is 16.2 Å². The zero-order valence-electron chi connectivity index (χ0n) is 9.24. The lowest BCUT2D eigenvalue weighted by Crippen LogP contribution is -2.16. The summed E-state index contributed by atoms with van der Waals surface area (Å²) in [6.07, 6.45) is -1.74. The molecule has 0 fully saturated rings. The zero-order valence-corrected chi connectivity index (χ0v) is 9.24. The first-order valence-electron chi connectivity index (χ1n) is 4.95. The molecule has 1 heterocycles. The highest BCUT2D eigenvalue weighted by Gasteiger charge is 2.23. The van der Waals surface area contributed by atoms with E-state index in [2.05, 4.69) is 4.98 Å². The van der Waals surface area contributed by atoms with Crippen LogP contribution in [0.4, 0.5) is 14.6 Å². The Morgan fingerprint density at radius 1 is 1.59 bits per heavy atom. The van der Waals surface area contributed by atoms with Gasteiger partial charge in [0.05, 0.1) is 17.7 Å². The average Bonchev–Trinajstić information content (AvgIpc) is 2.27. The Labute approximate surface area is 96.8 Å². The number of alkyl halides is 2. The molecule has 0 saturated heterocycles. The lowest BCUT2D eigenvalue weighted by molar-refractivity contribution is 0.0524. The van der Waals surface area contributed by atoms with Gasteiger partial charge >= 0.3 is 5.97 Å². The molecule has 0 aliphatic carbocycles. The van der Waals surface area contributed by atoms with Crippen LogP contribution in [0.15, 0.2) is 6.20 Å². The molecule has 0 aromatic carbocycles. The molecule has 1 rings (SSSR count). The third kappa shape index (κ3) is 2.68. The maximum absolute atomic E-state index is 12.8. The number of nitrogens with two attached hydrogens (primary N) is 2. The molecule has 0 aliphatic heterocycles. The number of pyridine rings is 1. The van der Waals surface area contributed by atoms with E-state index in [0.29, 0.717) is 0 Å². The minimum absolute atomic E-state index is 0.0223. The highest BCUT2D eigenvalue weighted by molar-refractivity contribution is 5.91. The van der Waals surface area contributed by atoms with E-state index in [0.717, 1.165) is 6.20 Å². The van der Waals surface area contributed by atoms with Gasteiger partial charge in [-0.1, -0.05) is 0 Å². The lowest BCUT2D eigenvalue weighted by Gasteiger charge is -2.13. The second-order valence-electron chi connectivity index (χ2n) is 3.17. The Morgan fingerprint density at radius 3 is 2.71 bits per heavy atom. The Hall–Kier alpha value is -1.76. The minimum atomic E-state index is -2.84. The number of halogens is 2. The van der Waals surface area contributed by atoms with Gasteiger partial charge in [-0.15, -0.1) is 0 Å². The second kappa shape index (κ2) is 5.53. The van der Waals surface area contributed by atoms with Crippen molar-refractivity contribution in [2.75, 3.05) is 12.3 Å². The van der Waals surface area contributed by atoms with E-state index in [-0.39, 0.29) is 30.1 Å². The quantitative estimate of drug-likeness (QED) is 0.778. The maximum atomic E-state index is 12.8. The zero-order chi connectivity index (χ0) is 13.0. The summed E-state index contributed by atoms with van der Waals surface area (Å²) in [6, 6.07) is 0. The van der Waals surface area contributed by atoms with Crippen LogP contribution in [0.25, 0.3) is 0 Å². The van der Waals surface area contributed by atoms with Crippen molar-refractivity contribution in [3.8, 4) is 0 Å². The second-order valence-corrected chi connectivity index (χ2v) is 3.17. The molecule has 0 radical (unpaired) electrons. The van der Waals surface area contributed by atoms with E-state index in [1.54, 1.807) is 6.92 Å². The van der Waals surface area contributed by atoms with Crippen LogP contribution in [0.1, 0.15) is 34.8 Å². The predicted molar refractivity (Wildman–Crippen MR) is 57.5 cm³/mol. The highest BCUT2D eigenvalue weighted by atomic mass is 19.3. The minimum Gasteiger partial charge on any atom is -0.462 e. The number of hydrogen-bond donors (Lipinski definition) is 2. The molecule has 0 atom stereocenters. The van der Waals surface area contributed by atoms with Gasteiger partial charge in [0, 0.05) is 12.7 Å². The number of ether oxygens (including phenoxy) is 1. The van der Waals surface area contributed by atoms with E-state index in [9.17, 15) is 13.6 Å². The van der Waals surface area contributed by atoms with Gasteiger partial charge in [0.2, 0.25) is 0 Å². The summed E-state index contributed by atoms with van der Waals surface area (Å²) >= 11 is 0. The largest absolute Gasteiger partial charge is 0.462 e. The third-order valence-corrected chi connectivity index (χ3v) is 2.18. The van der Waals surface area contributed by atoms with Gasteiger partial charge in [0.1, 0.15) is 5.82 Å². The van der Waals surface area contributed by atoms with Crippen molar-refractivity contribution in [3.05, 3.63) is 22.9 Å². The number of aromatic nitrogens is 1. The van der Waals surface area contributed by atoms with E-state index in [1.165, 1.54) is 0 Å². The van der Waals surface area contributed by atoms with Crippen LogP contribution in [0.2, 0.25) is 0 Å². The van der Waals surface area contributed by atoms with Crippen LogP contribution in [0.5, 0.6) is 0 Å². The van der Waals surface area contributed by atoms with Crippen LogP contribution in [0, 0.1) is 0 Å². The summed E-state index contributed by atoms with van der Waals surface area (Å²) in [6.45, 7) is 1.51. The van der Waals surface area contributed by atoms with Crippen molar-refractivity contribution in [2.45, 2.75) is 19.9 Å². The summed E-state index contributed by atoms with van der Waals surface area (Å²) < 4.78 is 30.3. The average molecular weight is 245 g/mol. The molecule has 4 N–H and O–H groups in total. The van der Waals surface area contributed by atoms with Crippen LogP contribution in [0.3, 0.4) is 0 Å². The molecule has 0 aliphatic rings. The van der Waals surface area contributed by atoms with Crippen molar-refractivity contribution in [1.82, 2.24) is 4.98 Å². The molecule has 0 spiro atoms. The molecule has 17 heavy (non-hydrogen) atoms. The normalized spacial score (nSPS) is 10.6. The molecule has 1 aromatic heterocycles. The number of esters is 1. The van der Waals surface area contributed by atoms with Gasteiger partial charge in [0.25, 0.3) is 6.43 Å². The standard InChI is InChI=1S/C10H13F2N3O2/c1-2-17-10(16)6-4-15-9(14)7(8(11)12)5(6)3-13/h4,8H,2-3,13H2,1H3,(H2,14,15). The molecule has 7 heteroatoms. The SMILES string of the molecule is CCOC(=O)c1cnc(N)c(C(F)F)c1CN. The first-order chi connectivity index (χ1) is 8.02. The maximum Gasteiger partial charge on any atom is 0.340 e.